The first-order valence-electron chi connectivity index (χ1n) is 7.40. The Hall–Kier alpha value is -1.39. The molecule has 0 radical (unpaired) electrons. The van der Waals surface area contributed by atoms with Gasteiger partial charge in [0.1, 0.15) is 0 Å². The van der Waals surface area contributed by atoms with Gasteiger partial charge < -0.3 is 15.3 Å². The standard InChI is InChI=1S/C16H24N2O2/c1-13(14-5-3-2-4-6-14)17-16(20)9-12-18-10-7-15(19)8-11-18/h2-6,13,15,19H,7-12H2,1H3,(H,17,20)/t13-/m1/s1. The quantitative estimate of drug-likeness (QED) is 0.861. The van der Waals surface area contributed by atoms with Crippen LogP contribution in [0.15, 0.2) is 30.3 Å². The van der Waals surface area contributed by atoms with E-state index in [-0.39, 0.29) is 18.1 Å². The molecule has 110 valence electrons. The number of piperidine rings is 1. The van der Waals surface area contributed by atoms with Crippen LogP contribution in [0.4, 0.5) is 0 Å². The Kier molecular flexibility index (Phi) is 5.56. The Morgan fingerprint density at radius 2 is 2.00 bits per heavy atom. The largest absolute Gasteiger partial charge is 0.393 e. The van der Waals surface area contributed by atoms with Crippen molar-refractivity contribution < 1.29 is 9.90 Å². The Labute approximate surface area is 120 Å². The first-order valence-corrected chi connectivity index (χ1v) is 7.40. The van der Waals surface area contributed by atoms with E-state index in [0.717, 1.165) is 38.0 Å². The number of benzene rings is 1. The van der Waals surface area contributed by atoms with Gasteiger partial charge >= 0.3 is 0 Å². The molecule has 1 aromatic rings. The predicted molar refractivity (Wildman–Crippen MR) is 79.3 cm³/mol. The van der Waals surface area contributed by atoms with Crippen LogP contribution in [0.25, 0.3) is 0 Å². The molecule has 0 saturated carbocycles. The SMILES string of the molecule is C[C@@H](NC(=O)CCN1CCC(O)CC1)c1ccccc1. The second-order valence-electron chi connectivity index (χ2n) is 5.52. The number of likely N-dealkylation sites (tertiary alicyclic amines) is 1. The lowest BCUT2D eigenvalue weighted by molar-refractivity contribution is -0.122. The minimum absolute atomic E-state index is 0.0480. The van der Waals surface area contributed by atoms with Gasteiger partial charge in [0.15, 0.2) is 0 Å². The van der Waals surface area contributed by atoms with Gasteiger partial charge in [0.2, 0.25) is 5.91 Å². The van der Waals surface area contributed by atoms with Gasteiger partial charge in [-0.3, -0.25) is 4.79 Å². The number of carbonyl (C=O) groups excluding carboxylic acids is 1. The second kappa shape index (κ2) is 7.41. The Bertz CT molecular complexity index is 414. The lowest BCUT2D eigenvalue weighted by atomic mass is 10.1. The Balaban J connectivity index is 1.70. The molecule has 1 aliphatic heterocycles. The highest BCUT2D eigenvalue weighted by Crippen LogP contribution is 2.12. The van der Waals surface area contributed by atoms with Gasteiger partial charge in [0, 0.05) is 26.1 Å². The third-order valence-corrected chi connectivity index (χ3v) is 3.89. The number of hydrogen-bond acceptors (Lipinski definition) is 3. The molecule has 0 bridgehead atoms. The molecule has 1 saturated heterocycles. The molecular weight excluding hydrogens is 252 g/mol. The van der Waals surface area contributed by atoms with Crippen molar-refractivity contribution in [3.05, 3.63) is 35.9 Å². The summed E-state index contributed by atoms with van der Waals surface area (Å²) in [4.78, 5) is 14.2. The Morgan fingerprint density at radius 3 is 2.65 bits per heavy atom. The first-order chi connectivity index (χ1) is 9.65. The number of rotatable bonds is 5. The molecule has 1 amide bonds. The lowest BCUT2D eigenvalue weighted by Crippen LogP contribution is -2.38. The highest BCUT2D eigenvalue weighted by Gasteiger charge is 2.17. The van der Waals surface area contributed by atoms with Gasteiger partial charge in [-0.05, 0) is 25.3 Å². The van der Waals surface area contributed by atoms with Crippen LogP contribution in [0.1, 0.15) is 37.8 Å². The summed E-state index contributed by atoms with van der Waals surface area (Å²) in [5, 5.41) is 12.5. The van der Waals surface area contributed by atoms with E-state index in [2.05, 4.69) is 10.2 Å². The monoisotopic (exact) mass is 276 g/mol. The zero-order chi connectivity index (χ0) is 14.4. The van der Waals surface area contributed by atoms with Crippen molar-refractivity contribution in [2.45, 2.75) is 38.3 Å². The summed E-state index contributed by atoms with van der Waals surface area (Å²) in [6.07, 6.45) is 2.01. The van der Waals surface area contributed by atoms with Crippen molar-refractivity contribution in [1.29, 1.82) is 0 Å². The minimum atomic E-state index is -0.154. The van der Waals surface area contributed by atoms with Crippen molar-refractivity contribution in [3.63, 3.8) is 0 Å². The molecular formula is C16H24N2O2. The molecule has 0 spiro atoms. The van der Waals surface area contributed by atoms with Crippen molar-refractivity contribution in [3.8, 4) is 0 Å². The number of amides is 1. The first kappa shape index (κ1) is 15.0. The van der Waals surface area contributed by atoms with E-state index in [1.54, 1.807) is 0 Å². The molecule has 20 heavy (non-hydrogen) atoms. The van der Waals surface area contributed by atoms with Crippen molar-refractivity contribution in [1.82, 2.24) is 10.2 Å². The summed E-state index contributed by atoms with van der Waals surface area (Å²) in [6.45, 7) is 4.57. The van der Waals surface area contributed by atoms with Crippen LogP contribution >= 0.6 is 0 Å². The van der Waals surface area contributed by atoms with Crippen molar-refractivity contribution >= 4 is 5.91 Å². The van der Waals surface area contributed by atoms with Crippen LogP contribution in [0, 0.1) is 0 Å². The summed E-state index contributed by atoms with van der Waals surface area (Å²) < 4.78 is 0. The van der Waals surface area contributed by atoms with Gasteiger partial charge in [-0.15, -0.1) is 0 Å². The van der Waals surface area contributed by atoms with Gasteiger partial charge in [-0.25, -0.2) is 0 Å². The maximum atomic E-state index is 11.9. The molecule has 0 unspecified atom stereocenters. The molecule has 2 rings (SSSR count). The van der Waals surface area contributed by atoms with Crippen molar-refractivity contribution in [2.75, 3.05) is 19.6 Å². The maximum Gasteiger partial charge on any atom is 0.221 e. The summed E-state index contributed by atoms with van der Waals surface area (Å²) in [5.74, 6) is 0.0903. The van der Waals surface area contributed by atoms with E-state index in [0.29, 0.717) is 6.42 Å². The topological polar surface area (TPSA) is 52.6 Å². The normalized spacial score (nSPS) is 18.7. The summed E-state index contributed by atoms with van der Waals surface area (Å²) in [6, 6.07) is 10.0. The third kappa shape index (κ3) is 4.62. The van der Waals surface area contributed by atoms with Crippen LogP contribution in [0.3, 0.4) is 0 Å². The van der Waals surface area contributed by atoms with Gasteiger partial charge in [-0.1, -0.05) is 30.3 Å². The smallest absolute Gasteiger partial charge is 0.221 e. The van der Waals surface area contributed by atoms with E-state index in [4.69, 9.17) is 0 Å². The molecule has 4 heteroatoms. The van der Waals surface area contributed by atoms with E-state index in [1.807, 2.05) is 37.3 Å². The predicted octanol–water partition coefficient (Wildman–Crippen LogP) is 1.71. The zero-order valence-corrected chi connectivity index (χ0v) is 12.1. The van der Waals surface area contributed by atoms with Crippen LogP contribution in [-0.2, 0) is 4.79 Å². The lowest BCUT2D eigenvalue weighted by Gasteiger charge is -2.29. The number of hydrogen-bond donors (Lipinski definition) is 2. The average molecular weight is 276 g/mol. The molecule has 4 nitrogen and oxygen atoms in total. The van der Waals surface area contributed by atoms with E-state index in [9.17, 15) is 9.90 Å². The fourth-order valence-electron chi connectivity index (χ4n) is 2.54. The van der Waals surface area contributed by atoms with Gasteiger partial charge in [0.25, 0.3) is 0 Å². The number of nitrogens with zero attached hydrogens (tertiary/aromatic N) is 1. The number of nitrogens with one attached hydrogen (secondary N) is 1. The Morgan fingerprint density at radius 1 is 1.35 bits per heavy atom. The average Bonchev–Trinajstić information content (AvgIpc) is 2.47. The number of aliphatic hydroxyl groups is 1. The molecule has 1 aliphatic rings. The fourth-order valence-corrected chi connectivity index (χ4v) is 2.54. The molecule has 1 atom stereocenters. The maximum absolute atomic E-state index is 11.9. The molecule has 0 aliphatic carbocycles. The highest BCUT2D eigenvalue weighted by molar-refractivity contribution is 5.76. The number of carbonyl (C=O) groups is 1. The fraction of sp³-hybridized carbons (Fsp3) is 0.562. The molecule has 1 fully saturated rings. The third-order valence-electron chi connectivity index (χ3n) is 3.89. The summed E-state index contributed by atoms with van der Waals surface area (Å²) >= 11 is 0. The summed E-state index contributed by atoms with van der Waals surface area (Å²) in [5.41, 5.74) is 1.13. The van der Waals surface area contributed by atoms with E-state index < -0.39 is 0 Å². The van der Waals surface area contributed by atoms with Crippen LogP contribution in [0.2, 0.25) is 0 Å². The van der Waals surface area contributed by atoms with Gasteiger partial charge in [0.05, 0.1) is 12.1 Å². The van der Waals surface area contributed by atoms with E-state index in [1.165, 1.54) is 0 Å². The molecule has 2 N–H and O–H groups in total. The van der Waals surface area contributed by atoms with Crippen molar-refractivity contribution in [2.24, 2.45) is 0 Å². The molecule has 1 heterocycles. The highest BCUT2D eigenvalue weighted by atomic mass is 16.3. The van der Waals surface area contributed by atoms with E-state index >= 15 is 0 Å². The summed E-state index contributed by atoms with van der Waals surface area (Å²) in [7, 11) is 0. The number of aliphatic hydroxyl groups excluding tert-OH is 1. The second-order valence-corrected chi connectivity index (χ2v) is 5.52. The van der Waals surface area contributed by atoms with Crippen LogP contribution in [-0.4, -0.2) is 41.7 Å². The minimum Gasteiger partial charge on any atom is -0.393 e. The molecule has 1 aromatic carbocycles. The van der Waals surface area contributed by atoms with Crippen LogP contribution < -0.4 is 5.32 Å². The van der Waals surface area contributed by atoms with Crippen LogP contribution in [0.5, 0.6) is 0 Å². The molecule has 0 aromatic heterocycles. The van der Waals surface area contributed by atoms with Gasteiger partial charge in [-0.2, -0.15) is 0 Å². The zero-order valence-electron chi connectivity index (χ0n) is 12.1.